The van der Waals surface area contributed by atoms with E-state index in [1.165, 1.54) is 11.1 Å². The van der Waals surface area contributed by atoms with Crippen LogP contribution in [0.3, 0.4) is 0 Å². The van der Waals surface area contributed by atoms with Crippen molar-refractivity contribution in [2.75, 3.05) is 4.90 Å². The SMILES string of the molecule is O=C1c2ccccc2C2(c3ccccc31)c1ccccc1N(c1ccccc1)c1ccccc12. The third kappa shape index (κ3) is 2.32. The largest absolute Gasteiger partial charge is 0.310 e. The Kier molecular flexibility index (Phi) is 3.95. The van der Waals surface area contributed by atoms with Gasteiger partial charge in [0.15, 0.2) is 5.78 Å². The van der Waals surface area contributed by atoms with Crippen LogP contribution in [0.4, 0.5) is 17.1 Å². The molecule has 1 aliphatic carbocycles. The lowest BCUT2D eigenvalue weighted by molar-refractivity contribution is 0.103. The molecule has 0 radical (unpaired) electrons. The molecule has 0 N–H and O–H groups in total. The summed E-state index contributed by atoms with van der Waals surface area (Å²) < 4.78 is 0. The molecule has 0 saturated carbocycles. The highest BCUT2D eigenvalue weighted by atomic mass is 16.1. The fourth-order valence-electron chi connectivity index (χ4n) is 5.99. The van der Waals surface area contributed by atoms with Crippen LogP contribution >= 0.6 is 0 Å². The molecule has 34 heavy (non-hydrogen) atoms. The minimum absolute atomic E-state index is 0.0947. The minimum Gasteiger partial charge on any atom is -0.310 e. The van der Waals surface area contributed by atoms with E-state index in [9.17, 15) is 4.79 Å². The summed E-state index contributed by atoms with van der Waals surface area (Å²) in [6.07, 6.45) is 0. The summed E-state index contributed by atoms with van der Waals surface area (Å²) in [7, 11) is 0. The van der Waals surface area contributed by atoms with E-state index in [1.54, 1.807) is 0 Å². The number of para-hydroxylation sites is 3. The van der Waals surface area contributed by atoms with Crippen molar-refractivity contribution in [3.8, 4) is 0 Å². The quantitative estimate of drug-likeness (QED) is 0.268. The molecule has 0 amide bonds. The van der Waals surface area contributed by atoms with Crippen molar-refractivity contribution < 1.29 is 4.79 Å². The number of hydrogen-bond acceptors (Lipinski definition) is 2. The van der Waals surface area contributed by atoms with Gasteiger partial charge in [-0.2, -0.15) is 0 Å². The van der Waals surface area contributed by atoms with Crippen molar-refractivity contribution in [3.63, 3.8) is 0 Å². The molecule has 5 aromatic rings. The van der Waals surface area contributed by atoms with Crippen LogP contribution in [-0.2, 0) is 5.41 Å². The molecule has 2 aliphatic rings. The second kappa shape index (κ2) is 7.03. The minimum atomic E-state index is -0.584. The van der Waals surface area contributed by atoms with Gasteiger partial charge in [-0.05, 0) is 46.5 Å². The Labute approximate surface area is 198 Å². The molecule has 0 fully saturated rings. The molecule has 0 saturated heterocycles. The van der Waals surface area contributed by atoms with E-state index in [2.05, 4.69) is 102 Å². The predicted octanol–water partition coefficient (Wildman–Crippen LogP) is 7.40. The number of fused-ring (bicyclic) bond motifs is 8. The number of anilines is 3. The zero-order chi connectivity index (χ0) is 22.7. The number of hydrogen-bond donors (Lipinski definition) is 0. The average molecular weight is 436 g/mol. The highest BCUT2D eigenvalue weighted by molar-refractivity contribution is 6.14. The number of nitrogens with zero attached hydrogens (tertiary/aromatic N) is 1. The maximum absolute atomic E-state index is 13.6. The van der Waals surface area contributed by atoms with Gasteiger partial charge in [0.05, 0.1) is 16.8 Å². The van der Waals surface area contributed by atoms with E-state index in [0.717, 1.165) is 39.3 Å². The van der Waals surface area contributed by atoms with Gasteiger partial charge in [-0.15, -0.1) is 0 Å². The lowest BCUT2D eigenvalue weighted by atomic mass is 9.57. The molecule has 1 spiro atoms. The van der Waals surface area contributed by atoms with Crippen molar-refractivity contribution in [2.24, 2.45) is 0 Å². The number of carbonyl (C=O) groups excluding carboxylic acids is 1. The number of ketones is 1. The normalized spacial score (nSPS) is 14.7. The first-order chi connectivity index (χ1) is 16.8. The standard InChI is InChI=1S/C32H21NO/c34-31-23-14-4-6-16-25(23)32(26-17-7-5-15-24(26)31)27-18-8-10-20-29(27)33(22-12-2-1-3-13-22)30-21-11-9-19-28(30)32/h1-21H. The number of benzene rings is 5. The smallest absolute Gasteiger partial charge is 0.193 e. The molecule has 1 aliphatic heterocycles. The summed E-state index contributed by atoms with van der Waals surface area (Å²) in [5, 5.41) is 0. The first-order valence-corrected chi connectivity index (χ1v) is 11.6. The fraction of sp³-hybridized carbons (Fsp3) is 0.0312. The van der Waals surface area contributed by atoms with Crippen LogP contribution < -0.4 is 4.90 Å². The Morgan fingerprint density at radius 2 is 0.853 bits per heavy atom. The lowest BCUT2D eigenvalue weighted by Gasteiger charge is -2.48. The number of rotatable bonds is 1. The van der Waals surface area contributed by atoms with Gasteiger partial charge in [-0.3, -0.25) is 4.79 Å². The van der Waals surface area contributed by atoms with Crippen LogP contribution in [-0.4, -0.2) is 5.78 Å². The maximum atomic E-state index is 13.6. The zero-order valence-electron chi connectivity index (χ0n) is 18.5. The molecule has 2 nitrogen and oxygen atoms in total. The summed E-state index contributed by atoms with van der Waals surface area (Å²) >= 11 is 0. The molecule has 160 valence electrons. The second-order valence-corrected chi connectivity index (χ2v) is 8.88. The highest BCUT2D eigenvalue weighted by Crippen LogP contribution is 2.59. The van der Waals surface area contributed by atoms with Gasteiger partial charge in [-0.1, -0.05) is 103 Å². The molecule has 0 atom stereocenters. The van der Waals surface area contributed by atoms with Crippen LogP contribution in [0.25, 0.3) is 0 Å². The topological polar surface area (TPSA) is 20.3 Å². The van der Waals surface area contributed by atoms with E-state index < -0.39 is 5.41 Å². The molecule has 5 aromatic carbocycles. The average Bonchev–Trinajstić information content (AvgIpc) is 2.91. The first kappa shape index (κ1) is 19.1. The van der Waals surface area contributed by atoms with Crippen LogP contribution in [0.5, 0.6) is 0 Å². The predicted molar refractivity (Wildman–Crippen MR) is 136 cm³/mol. The maximum Gasteiger partial charge on any atom is 0.193 e. The van der Waals surface area contributed by atoms with Gasteiger partial charge in [0.25, 0.3) is 0 Å². The summed E-state index contributed by atoms with van der Waals surface area (Å²) in [6.45, 7) is 0. The Hall–Kier alpha value is -4.43. The van der Waals surface area contributed by atoms with Crippen LogP contribution in [0.2, 0.25) is 0 Å². The van der Waals surface area contributed by atoms with Gasteiger partial charge in [0, 0.05) is 16.8 Å². The second-order valence-electron chi connectivity index (χ2n) is 8.88. The Bertz CT molecular complexity index is 1490. The number of carbonyl (C=O) groups is 1. The van der Waals surface area contributed by atoms with Crippen LogP contribution in [0, 0.1) is 0 Å². The molecule has 0 aromatic heterocycles. The molecule has 2 heteroatoms. The fourth-order valence-corrected chi connectivity index (χ4v) is 5.99. The Morgan fingerprint density at radius 1 is 0.441 bits per heavy atom. The van der Waals surface area contributed by atoms with Gasteiger partial charge >= 0.3 is 0 Å². The van der Waals surface area contributed by atoms with E-state index >= 15 is 0 Å². The Balaban J connectivity index is 1.69. The van der Waals surface area contributed by atoms with Crippen molar-refractivity contribution in [1.29, 1.82) is 0 Å². The van der Waals surface area contributed by atoms with Crippen molar-refractivity contribution in [3.05, 3.63) is 161 Å². The van der Waals surface area contributed by atoms with Gasteiger partial charge in [-0.25, -0.2) is 0 Å². The molecular formula is C32H21NO. The lowest BCUT2D eigenvalue weighted by Crippen LogP contribution is -2.42. The van der Waals surface area contributed by atoms with E-state index in [4.69, 9.17) is 0 Å². The molecule has 7 rings (SSSR count). The van der Waals surface area contributed by atoms with Gasteiger partial charge in [0.1, 0.15) is 0 Å². The van der Waals surface area contributed by atoms with Crippen molar-refractivity contribution >= 4 is 22.8 Å². The Morgan fingerprint density at radius 3 is 1.38 bits per heavy atom. The van der Waals surface area contributed by atoms with Gasteiger partial charge < -0.3 is 4.90 Å². The molecule has 0 unspecified atom stereocenters. The highest BCUT2D eigenvalue weighted by Gasteiger charge is 2.51. The summed E-state index contributed by atoms with van der Waals surface area (Å²) in [5.41, 5.74) is 8.81. The zero-order valence-corrected chi connectivity index (χ0v) is 18.5. The molecular weight excluding hydrogens is 414 g/mol. The van der Waals surface area contributed by atoms with Crippen LogP contribution in [0.1, 0.15) is 38.2 Å². The first-order valence-electron chi connectivity index (χ1n) is 11.6. The summed E-state index contributed by atoms with van der Waals surface area (Å²) in [4.78, 5) is 16.0. The van der Waals surface area contributed by atoms with E-state index in [-0.39, 0.29) is 5.78 Å². The monoisotopic (exact) mass is 435 g/mol. The van der Waals surface area contributed by atoms with Crippen molar-refractivity contribution in [2.45, 2.75) is 5.41 Å². The van der Waals surface area contributed by atoms with Crippen LogP contribution in [0.15, 0.2) is 127 Å². The molecule has 0 bridgehead atoms. The third-order valence-corrected chi connectivity index (χ3v) is 7.26. The van der Waals surface area contributed by atoms with Gasteiger partial charge in [0.2, 0.25) is 0 Å². The molecule has 1 heterocycles. The summed E-state index contributed by atoms with van der Waals surface area (Å²) in [6, 6.07) is 44.0. The van der Waals surface area contributed by atoms with E-state index in [0.29, 0.717) is 0 Å². The third-order valence-electron chi connectivity index (χ3n) is 7.26. The van der Waals surface area contributed by atoms with E-state index in [1.807, 2.05) is 30.3 Å². The van der Waals surface area contributed by atoms with Crippen molar-refractivity contribution in [1.82, 2.24) is 0 Å². The summed E-state index contributed by atoms with van der Waals surface area (Å²) in [5.74, 6) is 0.0947.